The minimum atomic E-state index is -4.20. The van der Waals surface area contributed by atoms with E-state index in [0.29, 0.717) is 18.4 Å². The van der Waals surface area contributed by atoms with Crippen LogP contribution in [0.25, 0.3) is 0 Å². The topological polar surface area (TPSA) is 55.4 Å². The Labute approximate surface area is 135 Å². The van der Waals surface area contributed by atoms with Crippen LogP contribution in [0.1, 0.15) is 6.92 Å². The fourth-order valence-electron chi connectivity index (χ4n) is 1.78. The van der Waals surface area contributed by atoms with Crippen molar-refractivity contribution in [2.24, 2.45) is 0 Å². The molecule has 1 N–H and O–H groups in total. The molecule has 0 aliphatic rings. The summed E-state index contributed by atoms with van der Waals surface area (Å²) in [6.45, 7) is 2.31. The molecule has 0 heterocycles. The van der Waals surface area contributed by atoms with Crippen molar-refractivity contribution in [3.05, 3.63) is 52.5 Å². The second-order valence-corrected chi connectivity index (χ2v) is 6.74. The average Bonchev–Trinajstić information content (AvgIpc) is 2.39. The Morgan fingerprint density at radius 2 is 1.82 bits per heavy atom. The molecule has 0 unspecified atom stereocenters. The van der Waals surface area contributed by atoms with E-state index in [1.54, 1.807) is 12.1 Å². The van der Waals surface area contributed by atoms with Crippen LogP contribution in [-0.2, 0) is 10.0 Å². The second-order valence-electron chi connectivity index (χ2n) is 4.26. The number of benzene rings is 2. The van der Waals surface area contributed by atoms with Crippen LogP contribution in [0, 0.1) is 11.6 Å². The van der Waals surface area contributed by atoms with Crippen LogP contribution >= 0.6 is 15.9 Å². The van der Waals surface area contributed by atoms with Crippen molar-refractivity contribution in [1.29, 1.82) is 0 Å². The third kappa shape index (κ3) is 3.75. The molecule has 0 saturated carbocycles. The monoisotopic (exact) mass is 391 g/mol. The lowest BCUT2D eigenvalue weighted by Crippen LogP contribution is -2.15. The Morgan fingerprint density at radius 3 is 2.36 bits per heavy atom. The van der Waals surface area contributed by atoms with Crippen molar-refractivity contribution in [2.75, 3.05) is 11.3 Å². The molecule has 2 aromatic rings. The number of hydrogen-bond donors (Lipinski definition) is 1. The van der Waals surface area contributed by atoms with Crippen LogP contribution in [0.2, 0.25) is 0 Å². The number of rotatable bonds is 5. The fraction of sp³-hybridized carbons (Fsp3) is 0.143. The lowest BCUT2D eigenvalue weighted by atomic mass is 10.3. The SMILES string of the molecule is CCOc1ccc(NS(=O)(=O)c2c(F)cc(F)cc2Br)cc1. The highest BCUT2D eigenvalue weighted by molar-refractivity contribution is 9.10. The number of ether oxygens (including phenoxy) is 1. The highest BCUT2D eigenvalue weighted by Crippen LogP contribution is 2.28. The van der Waals surface area contributed by atoms with E-state index in [-0.39, 0.29) is 10.2 Å². The lowest BCUT2D eigenvalue weighted by Gasteiger charge is -2.11. The molecule has 0 aromatic heterocycles. The molecule has 0 saturated heterocycles. The van der Waals surface area contributed by atoms with Crippen molar-refractivity contribution in [2.45, 2.75) is 11.8 Å². The molecule has 0 atom stereocenters. The normalized spacial score (nSPS) is 11.3. The molecule has 2 rings (SSSR count). The van der Waals surface area contributed by atoms with Gasteiger partial charge in [0.1, 0.15) is 22.3 Å². The molecule has 0 amide bonds. The standard InChI is InChI=1S/C14H12BrF2NO3S/c1-2-21-11-5-3-10(4-6-11)18-22(19,20)14-12(15)7-9(16)8-13(14)17/h3-8,18H,2H2,1H3. The Hall–Kier alpha value is -1.67. The first-order chi connectivity index (χ1) is 10.3. The zero-order chi connectivity index (χ0) is 16.3. The summed E-state index contributed by atoms with van der Waals surface area (Å²) in [4.78, 5) is -0.650. The minimum absolute atomic E-state index is 0.191. The van der Waals surface area contributed by atoms with Crippen molar-refractivity contribution >= 4 is 31.6 Å². The maximum atomic E-state index is 13.8. The van der Waals surface area contributed by atoms with Crippen LogP contribution in [0.4, 0.5) is 14.5 Å². The van der Waals surface area contributed by atoms with Crippen LogP contribution in [0.5, 0.6) is 5.75 Å². The highest BCUT2D eigenvalue weighted by atomic mass is 79.9. The number of nitrogens with one attached hydrogen (secondary N) is 1. The molecule has 0 fully saturated rings. The Bertz CT molecular complexity index is 756. The number of anilines is 1. The summed E-state index contributed by atoms with van der Waals surface area (Å²) < 4.78 is 58.5. The summed E-state index contributed by atoms with van der Waals surface area (Å²) in [6.07, 6.45) is 0. The fourth-order valence-corrected chi connectivity index (χ4v) is 4.00. The first-order valence-corrected chi connectivity index (χ1v) is 8.51. The molecule has 0 radical (unpaired) electrons. The van der Waals surface area contributed by atoms with Gasteiger partial charge in [0.2, 0.25) is 0 Å². The van der Waals surface area contributed by atoms with E-state index < -0.39 is 26.6 Å². The molecule has 2 aromatic carbocycles. The maximum absolute atomic E-state index is 13.8. The van der Waals surface area contributed by atoms with Crippen molar-refractivity contribution in [1.82, 2.24) is 0 Å². The summed E-state index contributed by atoms with van der Waals surface area (Å²) in [6, 6.07) is 7.53. The smallest absolute Gasteiger partial charge is 0.265 e. The van der Waals surface area contributed by atoms with Crippen molar-refractivity contribution in [3.8, 4) is 5.75 Å². The van der Waals surface area contributed by atoms with E-state index in [9.17, 15) is 17.2 Å². The first kappa shape index (κ1) is 16.7. The van der Waals surface area contributed by atoms with Crippen molar-refractivity contribution < 1.29 is 21.9 Å². The van der Waals surface area contributed by atoms with E-state index in [1.807, 2.05) is 6.92 Å². The first-order valence-electron chi connectivity index (χ1n) is 6.23. The highest BCUT2D eigenvalue weighted by Gasteiger charge is 2.23. The molecule has 4 nitrogen and oxygen atoms in total. The minimum Gasteiger partial charge on any atom is -0.494 e. The Balaban J connectivity index is 2.32. The third-order valence-electron chi connectivity index (χ3n) is 2.65. The lowest BCUT2D eigenvalue weighted by molar-refractivity contribution is 0.340. The van der Waals surface area contributed by atoms with E-state index in [4.69, 9.17) is 4.74 Å². The summed E-state index contributed by atoms with van der Waals surface area (Å²) in [7, 11) is -4.20. The molecule has 8 heteroatoms. The second kappa shape index (κ2) is 6.62. The van der Waals surface area contributed by atoms with E-state index >= 15 is 0 Å². The quantitative estimate of drug-likeness (QED) is 0.839. The molecule has 118 valence electrons. The summed E-state index contributed by atoms with van der Waals surface area (Å²) in [5.41, 5.74) is 0.235. The predicted molar refractivity (Wildman–Crippen MR) is 82.5 cm³/mol. The van der Waals surface area contributed by atoms with Gasteiger partial charge in [-0.1, -0.05) is 0 Å². The van der Waals surface area contributed by atoms with Gasteiger partial charge in [0.05, 0.1) is 6.61 Å². The van der Waals surface area contributed by atoms with Gasteiger partial charge in [0.15, 0.2) is 0 Å². The molecule has 0 bridgehead atoms. The molecule has 0 aliphatic heterocycles. The van der Waals surface area contributed by atoms with E-state index in [2.05, 4.69) is 20.7 Å². The van der Waals surface area contributed by atoms with Gasteiger partial charge in [-0.15, -0.1) is 0 Å². The van der Waals surface area contributed by atoms with Crippen molar-refractivity contribution in [3.63, 3.8) is 0 Å². The molecule has 0 aliphatic carbocycles. The Kier molecular flexibility index (Phi) is 5.02. The van der Waals surface area contributed by atoms with Gasteiger partial charge < -0.3 is 4.74 Å². The maximum Gasteiger partial charge on any atom is 0.265 e. The zero-order valence-electron chi connectivity index (χ0n) is 11.4. The summed E-state index contributed by atoms with van der Waals surface area (Å²) in [5.74, 6) is -1.46. The van der Waals surface area contributed by atoms with E-state index in [1.165, 1.54) is 12.1 Å². The molecule has 0 spiro atoms. The van der Waals surface area contributed by atoms with Gasteiger partial charge in [-0.05, 0) is 53.2 Å². The van der Waals surface area contributed by atoms with Gasteiger partial charge >= 0.3 is 0 Å². The molecule has 22 heavy (non-hydrogen) atoms. The van der Waals surface area contributed by atoms with Gasteiger partial charge in [-0.25, -0.2) is 17.2 Å². The van der Waals surface area contributed by atoms with E-state index in [0.717, 1.165) is 6.07 Å². The van der Waals surface area contributed by atoms with Crippen LogP contribution in [0.15, 0.2) is 45.8 Å². The van der Waals surface area contributed by atoms with Crippen LogP contribution in [0.3, 0.4) is 0 Å². The largest absolute Gasteiger partial charge is 0.494 e. The van der Waals surface area contributed by atoms with Gasteiger partial charge in [0, 0.05) is 16.2 Å². The van der Waals surface area contributed by atoms with Gasteiger partial charge in [-0.3, -0.25) is 4.72 Å². The molecular weight excluding hydrogens is 380 g/mol. The average molecular weight is 392 g/mol. The zero-order valence-corrected chi connectivity index (χ0v) is 13.8. The van der Waals surface area contributed by atoms with Crippen LogP contribution in [-0.4, -0.2) is 15.0 Å². The summed E-state index contributed by atoms with van der Waals surface area (Å²) in [5, 5.41) is 0. The third-order valence-corrected chi connectivity index (χ3v) is 4.99. The van der Waals surface area contributed by atoms with Crippen LogP contribution < -0.4 is 9.46 Å². The number of hydrogen-bond acceptors (Lipinski definition) is 3. The Morgan fingerprint density at radius 1 is 1.18 bits per heavy atom. The number of halogens is 3. The van der Waals surface area contributed by atoms with Gasteiger partial charge in [-0.2, -0.15) is 0 Å². The summed E-state index contributed by atoms with van der Waals surface area (Å²) >= 11 is 2.86. The molecular formula is C14H12BrF2NO3S. The predicted octanol–water partition coefficient (Wildman–Crippen LogP) is 3.93. The van der Waals surface area contributed by atoms with Gasteiger partial charge in [0.25, 0.3) is 10.0 Å². The number of sulfonamides is 1.